The van der Waals surface area contributed by atoms with Crippen molar-refractivity contribution in [2.24, 2.45) is 0 Å². The SMILES string of the molecule is c1ccc(-c2cc(-c3ccc4ccc5ccccc5c4c3)nc(-c3ccc(-n4c5c(-c6ccc7c(c6)C6(c8ccccc8-7)c7ccccc7-n7c8ccccc8c8cccc6c87)cccc5c5ccc6ccccc6c54)cc3)n2)cc1. The fourth-order valence-corrected chi connectivity index (χ4v) is 14.4. The van der Waals surface area contributed by atoms with Gasteiger partial charge in [0.15, 0.2) is 5.82 Å². The van der Waals surface area contributed by atoms with Crippen LogP contribution >= 0.6 is 0 Å². The third-order valence-corrected chi connectivity index (χ3v) is 17.9. The van der Waals surface area contributed by atoms with Crippen LogP contribution in [-0.4, -0.2) is 19.1 Å². The molecule has 13 aromatic carbocycles. The molecule has 1 aliphatic carbocycles. The molecule has 1 spiro atoms. The summed E-state index contributed by atoms with van der Waals surface area (Å²) in [5, 5.41) is 12.2. The van der Waals surface area contributed by atoms with E-state index in [1.54, 1.807) is 0 Å². The zero-order chi connectivity index (χ0) is 52.9. The van der Waals surface area contributed by atoms with Crippen LogP contribution in [0.4, 0.5) is 0 Å². The highest BCUT2D eigenvalue weighted by Crippen LogP contribution is 2.61. The van der Waals surface area contributed by atoms with Gasteiger partial charge in [-0.3, -0.25) is 0 Å². The number of rotatable bonds is 5. The monoisotopic (exact) mass is 1030 g/mol. The number of benzene rings is 13. The molecule has 0 bridgehead atoms. The number of hydrogen-bond donors (Lipinski definition) is 0. The topological polar surface area (TPSA) is 35.6 Å². The first-order valence-corrected chi connectivity index (χ1v) is 28.0. The van der Waals surface area contributed by atoms with Crippen molar-refractivity contribution in [3.63, 3.8) is 0 Å². The Kier molecular flexibility index (Phi) is 9.12. The lowest BCUT2D eigenvalue weighted by atomic mass is 9.65. The Morgan fingerprint density at radius 3 is 1.69 bits per heavy atom. The van der Waals surface area contributed by atoms with E-state index in [1.807, 2.05) is 0 Å². The number of hydrogen-bond acceptors (Lipinski definition) is 2. The lowest BCUT2D eigenvalue weighted by molar-refractivity contribution is 0.749. The second-order valence-corrected chi connectivity index (χ2v) is 21.9. The molecule has 4 heteroatoms. The van der Waals surface area contributed by atoms with Crippen molar-refractivity contribution >= 4 is 75.9 Å². The number of nitrogens with zero attached hydrogens (tertiary/aromatic N) is 4. The molecule has 0 saturated carbocycles. The van der Waals surface area contributed by atoms with Crippen molar-refractivity contribution in [2.45, 2.75) is 5.41 Å². The lowest BCUT2D eigenvalue weighted by Crippen LogP contribution is -2.33. The van der Waals surface area contributed by atoms with Crippen molar-refractivity contribution in [1.82, 2.24) is 19.1 Å². The lowest BCUT2D eigenvalue weighted by Gasteiger charge is -2.39. The molecule has 0 fully saturated rings. The summed E-state index contributed by atoms with van der Waals surface area (Å²) < 4.78 is 5.04. The fourth-order valence-electron chi connectivity index (χ4n) is 14.4. The average Bonchev–Trinajstić information content (AvgIpc) is 2.64. The second-order valence-electron chi connectivity index (χ2n) is 21.9. The molecule has 0 amide bonds. The van der Waals surface area contributed by atoms with E-state index in [2.05, 4.69) is 288 Å². The maximum atomic E-state index is 5.38. The second kappa shape index (κ2) is 16.7. The van der Waals surface area contributed by atoms with Crippen LogP contribution in [-0.2, 0) is 5.41 Å². The Bertz CT molecular complexity index is 5350. The minimum atomic E-state index is -0.572. The van der Waals surface area contributed by atoms with E-state index in [1.165, 1.54) is 126 Å². The molecule has 16 aromatic rings. The summed E-state index contributed by atoms with van der Waals surface area (Å²) in [6, 6.07) is 103. The number of fused-ring (bicyclic) bond motifs is 20. The zero-order valence-electron chi connectivity index (χ0n) is 43.8. The van der Waals surface area contributed by atoms with Crippen molar-refractivity contribution in [1.29, 1.82) is 0 Å². The molecule has 1 aliphatic heterocycles. The van der Waals surface area contributed by atoms with E-state index < -0.39 is 5.41 Å². The third kappa shape index (κ3) is 6.13. The van der Waals surface area contributed by atoms with Gasteiger partial charge in [-0.15, -0.1) is 0 Å². The van der Waals surface area contributed by atoms with Gasteiger partial charge in [0.25, 0.3) is 0 Å². The Balaban J connectivity index is 0.848. The first-order chi connectivity index (χ1) is 40.2. The van der Waals surface area contributed by atoms with Gasteiger partial charge in [-0.05, 0) is 120 Å². The third-order valence-electron chi connectivity index (χ3n) is 17.9. The highest BCUT2D eigenvalue weighted by molar-refractivity contribution is 6.21. The van der Waals surface area contributed by atoms with Crippen LogP contribution < -0.4 is 0 Å². The summed E-state index contributed by atoms with van der Waals surface area (Å²) in [4.78, 5) is 10.7. The number of para-hydroxylation sites is 4. The first-order valence-electron chi connectivity index (χ1n) is 28.0. The van der Waals surface area contributed by atoms with Crippen LogP contribution in [0, 0.1) is 0 Å². The van der Waals surface area contributed by atoms with Gasteiger partial charge in [-0.1, -0.05) is 224 Å². The molecule has 1 unspecified atom stereocenters. The number of aromatic nitrogens is 4. The molecule has 81 heavy (non-hydrogen) atoms. The molecule has 374 valence electrons. The van der Waals surface area contributed by atoms with Crippen molar-refractivity contribution in [2.75, 3.05) is 0 Å². The smallest absolute Gasteiger partial charge is 0.160 e. The van der Waals surface area contributed by atoms with Gasteiger partial charge in [0.2, 0.25) is 0 Å². The van der Waals surface area contributed by atoms with Gasteiger partial charge in [-0.25, -0.2) is 9.97 Å². The average molecular weight is 1030 g/mol. The van der Waals surface area contributed by atoms with Gasteiger partial charge in [0.1, 0.15) is 0 Å². The van der Waals surface area contributed by atoms with E-state index in [-0.39, 0.29) is 0 Å². The molecule has 0 radical (unpaired) electrons. The minimum absolute atomic E-state index is 0.572. The molecule has 3 aromatic heterocycles. The molecule has 1 atom stereocenters. The summed E-state index contributed by atoms with van der Waals surface area (Å²) >= 11 is 0. The van der Waals surface area contributed by atoms with E-state index in [4.69, 9.17) is 9.97 Å². The van der Waals surface area contributed by atoms with Crippen LogP contribution in [0.25, 0.3) is 143 Å². The molecule has 18 rings (SSSR count). The fraction of sp³-hybridized carbons (Fsp3) is 0.0130. The molecule has 4 nitrogen and oxygen atoms in total. The standard InChI is InChI=1S/C77H46N4/c1-2-18-50(19-3-1)69-46-70(53-35-34-49-33-32-47-16-4-6-20-55(47)64(49)44-53)79-76(78-69)51-36-40-54(41-37-51)80-73-56-21-7-5-17-48(56)38-43-63(73)62-25-14-24-57(74(62)80)52-39-42-59-58-22-8-10-27-65(58)77(68(59)45-52)66-28-11-13-31-72(66)81-71-30-12-9-23-60(71)61-26-15-29-67(77)75(61)81/h1-46H. The molecular weight excluding hydrogens is 981 g/mol. The Morgan fingerprint density at radius 1 is 0.272 bits per heavy atom. The minimum Gasteiger partial charge on any atom is -0.309 e. The zero-order valence-corrected chi connectivity index (χ0v) is 43.8. The maximum absolute atomic E-state index is 5.38. The molecule has 0 N–H and O–H groups in total. The van der Waals surface area contributed by atoms with E-state index >= 15 is 0 Å². The van der Waals surface area contributed by atoms with Crippen molar-refractivity contribution in [3.05, 3.63) is 301 Å². The Morgan fingerprint density at radius 2 is 0.840 bits per heavy atom. The molecular formula is C77H46N4. The van der Waals surface area contributed by atoms with Crippen LogP contribution in [0.15, 0.2) is 279 Å². The van der Waals surface area contributed by atoms with Gasteiger partial charge in [-0.2, -0.15) is 0 Å². The summed E-state index contributed by atoms with van der Waals surface area (Å²) in [5.74, 6) is 0.678. The summed E-state index contributed by atoms with van der Waals surface area (Å²) in [7, 11) is 0. The van der Waals surface area contributed by atoms with Crippen LogP contribution in [0.2, 0.25) is 0 Å². The Labute approximate surface area is 466 Å². The van der Waals surface area contributed by atoms with Crippen LogP contribution in [0.5, 0.6) is 0 Å². The summed E-state index contributed by atoms with van der Waals surface area (Å²) in [5.41, 5.74) is 21.5. The van der Waals surface area contributed by atoms with E-state index in [0.717, 1.165) is 33.8 Å². The van der Waals surface area contributed by atoms with Crippen LogP contribution in [0.1, 0.15) is 22.3 Å². The van der Waals surface area contributed by atoms with E-state index in [9.17, 15) is 0 Å². The quantitative estimate of drug-likeness (QED) is 0.161. The predicted molar refractivity (Wildman–Crippen MR) is 336 cm³/mol. The molecule has 2 aliphatic rings. The van der Waals surface area contributed by atoms with Gasteiger partial charge >= 0.3 is 0 Å². The first kappa shape index (κ1) is 44.3. The summed E-state index contributed by atoms with van der Waals surface area (Å²) in [6.45, 7) is 0. The van der Waals surface area contributed by atoms with Crippen LogP contribution in [0.3, 0.4) is 0 Å². The van der Waals surface area contributed by atoms with E-state index in [0.29, 0.717) is 5.82 Å². The summed E-state index contributed by atoms with van der Waals surface area (Å²) in [6.07, 6.45) is 0. The largest absolute Gasteiger partial charge is 0.309 e. The van der Waals surface area contributed by atoms with Gasteiger partial charge in [0, 0.05) is 54.9 Å². The van der Waals surface area contributed by atoms with Gasteiger partial charge < -0.3 is 9.13 Å². The predicted octanol–water partition coefficient (Wildman–Crippen LogP) is 19.5. The van der Waals surface area contributed by atoms with Gasteiger partial charge in [0.05, 0.1) is 44.6 Å². The molecule has 4 heterocycles. The van der Waals surface area contributed by atoms with Crippen molar-refractivity contribution in [3.8, 4) is 67.5 Å². The highest BCUT2D eigenvalue weighted by Gasteiger charge is 2.51. The highest BCUT2D eigenvalue weighted by atomic mass is 15.0. The van der Waals surface area contributed by atoms with Crippen molar-refractivity contribution < 1.29 is 0 Å². The Hall–Kier alpha value is -10.7. The normalized spacial score (nSPS) is 14.2. The maximum Gasteiger partial charge on any atom is 0.160 e. The molecule has 0 saturated heterocycles.